The van der Waals surface area contributed by atoms with Crippen LogP contribution in [0.1, 0.15) is 34.2 Å². The SMILES string of the molecule is COC(=O)N1Cc2nnc(C)n2C2(CCN(Cc3ccc(C)s3)CC2)C1.O=C(O)C(F)(F)F. The van der Waals surface area contributed by atoms with E-state index in [0.29, 0.717) is 13.1 Å². The maximum absolute atomic E-state index is 12.2. The van der Waals surface area contributed by atoms with Crippen LogP contribution in [0.4, 0.5) is 18.0 Å². The number of piperidine rings is 1. The van der Waals surface area contributed by atoms with Crippen molar-refractivity contribution in [3.8, 4) is 0 Å². The molecule has 0 radical (unpaired) electrons. The number of fused-ring (bicyclic) bond motifs is 2. The molecular formula is C20H26F3N5O4S. The number of carbonyl (C=O) groups is 2. The molecule has 0 atom stereocenters. The Morgan fingerprint density at radius 2 is 1.85 bits per heavy atom. The van der Waals surface area contributed by atoms with Crippen LogP contribution in [-0.4, -0.2) is 74.7 Å². The number of likely N-dealkylation sites (tertiary alicyclic amines) is 1. The number of ether oxygens (including phenoxy) is 1. The van der Waals surface area contributed by atoms with Gasteiger partial charge >= 0.3 is 18.2 Å². The first-order chi connectivity index (χ1) is 15.4. The lowest BCUT2D eigenvalue weighted by Crippen LogP contribution is -2.57. The zero-order chi connectivity index (χ0) is 24.4. The molecule has 4 heterocycles. The lowest BCUT2D eigenvalue weighted by atomic mass is 9.84. The van der Waals surface area contributed by atoms with E-state index in [0.717, 1.165) is 44.1 Å². The van der Waals surface area contributed by atoms with Gasteiger partial charge in [0, 0.05) is 35.9 Å². The lowest BCUT2D eigenvalue weighted by molar-refractivity contribution is -0.192. The molecule has 9 nitrogen and oxygen atoms in total. The number of hydrogen-bond acceptors (Lipinski definition) is 7. The number of hydrogen-bond donors (Lipinski definition) is 1. The summed E-state index contributed by atoms with van der Waals surface area (Å²) in [4.78, 5) is 28.1. The van der Waals surface area contributed by atoms with Crippen molar-refractivity contribution in [1.82, 2.24) is 24.6 Å². The molecular weight excluding hydrogens is 463 g/mol. The van der Waals surface area contributed by atoms with Crippen molar-refractivity contribution in [2.45, 2.75) is 51.5 Å². The second kappa shape index (κ2) is 9.67. The zero-order valence-electron chi connectivity index (χ0n) is 18.6. The van der Waals surface area contributed by atoms with E-state index in [1.165, 1.54) is 16.9 Å². The van der Waals surface area contributed by atoms with E-state index >= 15 is 0 Å². The average Bonchev–Trinajstić information content (AvgIpc) is 3.34. The molecule has 0 unspecified atom stereocenters. The van der Waals surface area contributed by atoms with Crippen molar-refractivity contribution in [2.75, 3.05) is 26.7 Å². The van der Waals surface area contributed by atoms with E-state index in [1.807, 2.05) is 18.3 Å². The van der Waals surface area contributed by atoms with Crippen LogP contribution >= 0.6 is 11.3 Å². The molecule has 2 aromatic rings. The lowest BCUT2D eigenvalue weighted by Gasteiger charge is -2.48. The van der Waals surface area contributed by atoms with Crippen molar-refractivity contribution < 1.29 is 32.6 Å². The van der Waals surface area contributed by atoms with E-state index in [9.17, 15) is 18.0 Å². The van der Waals surface area contributed by atoms with Crippen LogP contribution in [0.15, 0.2) is 12.1 Å². The summed E-state index contributed by atoms with van der Waals surface area (Å²) in [5, 5.41) is 15.7. The molecule has 2 aliphatic rings. The maximum Gasteiger partial charge on any atom is 0.490 e. The van der Waals surface area contributed by atoms with E-state index in [-0.39, 0.29) is 11.6 Å². The van der Waals surface area contributed by atoms with Crippen molar-refractivity contribution in [3.63, 3.8) is 0 Å². The first kappa shape index (κ1) is 25.0. The van der Waals surface area contributed by atoms with Crippen LogP contribution in [0.2, 0.25) is 0 Å². The molecule has 2 aliphatic heterocycles. The standard InChI is InChI=1S/C18H25N5O2S.C2HF3O2/c1-13-4-5-15(26-13)10-21-8-6-18(7-9-21)12-22(17(24)25-3)11-16-20-19-14(2)23(16)18;3-2(4,5)1(6)7/h4-5H,6-12H2,1-3H3;(H,6,7). The highest BCUT2D eigenvalue weighted by Gasteiger charge is 2.45. The third-order valence-corrected chi connectivity index (χ3v) is 6.81. The fourth-order valence-corrected chi connectivity index (χ4v) is 5.27. The van der Waals surface area contributed by atoms with Crippen LogP contribution in [-0.2, 0) is 28.2 Å². The number of thiophene rings is 1. The third-order valence-electron chi connectivity index (χ3n) is 5.82. The normalized spacial score (nSPS) is 17.8. The number of amides is 1. The average molecular weight is 490 g/mol. The molecule has 0 saturated carbocycles. The number of carbonyl (C=O) groups excluding carboxylic acids is 1. The fraction of sp³-hybridized carbons (Fsp3) is 0.600. The molecule has 1 fully saturated rings. The fourth-order valence-electron chi connectivity index (χ4n) is 4.34. The summed E-state index contributed by atoms with van der Waals surface area (Å²) >= 11 is 1.87. The quantitative estimate of drug-likeness (QED) is 0.692. The number of alkyl halides is 3. The van der Waals surface area contributed by atoms with Crippen LogP contribution in [0, 0.1) is 13.8 Å². The van der Waals surface area contributed by atoms with Gasteiger partial charge in [-0.05, 0) is 38.8 Å². The molecule has 1 amide bonds. The molecule has 4 rings (SSSR count). The molecule has 13 heteroatoms. The number of aromatic nitrogens is 3. The van der Waals surface area contributed by atoms with Gasteiger partial charge in [-0.3, -0.25) is 9.80 Å². The topological polar surface area (TPSA) is 101 Å². The molecule has 2 aromatic heterocycles. The van der Waals surface area contributed by atoms with Gasteiger partial charge < -0.3 is 14.4 Å². The maximum atomic E-state index is 12.2. The molecule has 33 heavy (non-hydrogen) atoms. The van der Waals surface area contributed by atoms with Crippen LogP contribution in [0.5, 0.6) is 0 Å². The number of halogens is 3. The Morgan fingerprint density at radius 3 is 2.36 bits per heavy atom. The van der Waals surface area contributed by atoms with Gasteiger partial charge in [0.1, 0.15) is 5.82 Å². The highest BCUT2D eigenvalue weighted by Crippen LogP contribution is 2.37. The molecule has 1 saturated heterocycles. The van der Waals surface area contributed by atoms with E-state index in [4.69, 9.17) is 14.6 Å². The number of rotatable bonds is 2. The first-order valence-corrected chi connectivity index (χ1v) is 11.1. The Balaban J connectivity index is 0.000000383. The van der Waals surface area contributed by atoms with E-state index < -0.39 is 12.1 Å². The number of nitrogens with zero attached hydrogens (tertiary/aromatic N) is 5. The Bertz CT molecular complexity index is 998. The van der Waals surface area contributed by atoms with Crippen molar-refractivity contribution >= 4 is 23.4 Å². The minimum Gasteiger partial charge on any atom is -0.475 e. The van der Waals surface area contributed by atoms with Crippen LogP contribution in [0.3, 0.4) is 0 Å². The van der Waals surface area contributed by atoms with Crippen molar-refractivity contribution in [1.29, 1.82) is 0 Å². The van der Waals surface area contributed by atoms with Crippen LogP contribution in [0.25, 0.3) is 0 Å². The minimum absolute atomic E-state index is 0.128. The number of methoxy groups -OCH3 is 1. The largest absolute Gasteiger partial charge is 0.490 e. The number of carboxylic acids is 1. The highest BCUT2D eigenvalue weighted by molar-refractivity contribution is 7.11. The Kier molecular flexibility index (Phi) is 7.32. The van der Waals surface area contributed by atoms with E-state index in [2.05, 4.69) is 38.7 Å². The Morgan fingerprint density at radius 1 is 1.21 bits per heavy atom. The van der Waals surface area contributed by atoms with Gasteiger partial charge in [-0.15, -0.1) is 21.5 Å². The predicted octanol–water partition coefficient (Wildman–Crippen LogP) is 3.16. The van der Waals surface area contributed by atoms with Gasteiger partial charge in [0.15, 0.2) is 5.82 Å². The summed E-state index contributed by atoms with van der Waals surface area (Å²) in [6.07, 6.45) is -3.40. The molecule has 182 valence electrons. The summed E-state index contributed by atoms with van der Waals surface area (Å²) in [6, 6.07) is 4.42. The van der Waals surface area contributed by atoms with Crippen molar-refractivity contribution in [3.05, 3.63) is 33.5 Å². The van der Waals surface area contributed by atoms with Crippen molar-refractivity contribution in [2.24, 2.45) is 0 Å². The second-order valence-corrected chi connectivity index (χ2v) is 9.51. The Hall–Kier alpha value is -2.67. The monoisotopic (exact) mass is 489 g/mol. The zero-order valence-corrected chi connectivity index (χ0v) is 19.4. The van der Waals surface area contributed by atoms with Gasteiger partial charge in [-0.25, -0.2) is 9.59 Å². The summed E-state index contributed by atoms with van der Waals surface area (Å²) in [5.74, 6) is -0.958. The van der Waals surface area contributed by atoms with E-state index in [1.54, 1.807) is 4.90 Å². The second-order valence-electron chi connectivity index (χ2n) is 8.14. The Labute approximate surface area is 192 Å². The first-order valence-electron chi connectivity index (χ1n) is 10.3. The summed E-state index contributed by atoms with van der Waals surface area (Å²) < 4.78 is 39.0. The van der Waals surface area contributed by atoms with Gasteiger partial charge in [0.05, 0.1) is 19.2 Å². The summed E-state index contributed by atoms with van der Waals surface area (Å²) in [7, 11) is 1.44. The summed E-state index contributed by atoms with van der Waals surface area (Å²) in [5.41, 5.74) is -0.128. The highest BCUT2D eigenvalue weighted by atomic mass is 32.1. The molecule has 1 spiro atoms. The molecule has 1 N–H and O–H groups in total. The third kappa shape index (κ3) is 5.64. The smallest absolute Gasteiger partial charge is 0.475 e. The molecule has 0 bridgehead atoms. The number of carboxylic acid groups (broad SMARTS) is 1. The predicted molar refractivity (Wildman–Crippen MR) is 113 cm³/mol. The molecule has 0 aromatic carbocycles. The molecule has 0 aliphatic carbocycles. The van der Waals surface area contributed by atoms with Gasteiger partial charge in [-0.2, -0.15) is 13.2 Å². The van der Waals surface area contributed by atoms with Gasteiger partial charge in [0.2, 0.25) is 0 Å². The summed E-state index contributed by atoms with van der Waals surface area (Å²) in [6.45, 7) is 8.30. The van der Waals surface area contributed by atoms with Crippen LogP contribution < -0.4 is 0 Å². The minimum atomic E-state index is -5.08. The number of aliphatic carboxylic acids is 1. The number of aryl methyl sites for hydroxylation is 2. The van der Waals surface area contributed by atoms with Gasteiger partial charge in [-0.1, -0.05) is 0 Å². The van der Waals surface area contributed by atoms with Gasteiger partial charge in [0.25, 0.3) is 0 Å².